The van der Waals surface area contributed by atoms with E-state index in [-0.39, 0.29) is 18.7 Å². The van der Waals surface area contributed by atoms with E-state index in [2.05, 4.69) is 41.4 Å². The Hall–Kier alpha value is -1.47. The summed E-state index contributed by atoms with van der Waals surface area (Å²) in [4.78, 5) is 8.26. The third kappa shape index (κ3) is 3.72. The minimum absolute atomic E-state index is 0.0709. The minimum Gasteiger partial charge on any atom is -0.394 e. The second-order valence-electron chi connectivity index (χ2n) is 6.50. The number of thiazole rings is 1. The highest BCUT2D eigenvalue weighted by molar-refractivity contribution is 7.15. The van der Waals surface area contributed by atoms with Gasteiger partial charge in [0.25, 0.3) is 0 Å². The van der Waals surface area contributed by atoms with Crippen molar-refractivity contribution in [3.63, 3.8) is 0 Å². The number of anilines is 1. The molecule has 2 aromatic rings. The van der Waals surface area contributed by atoms with Gasteiger partial charge in [-0.3, -0.25) is 0 Å². The zero-order chi connectivity index (χ0) is 17.8. The Bertz CT molecular complexity index is 657. The van der Waals surface area contributed by atoms with Crippen molar-refractivity contribution in [1.82, 2.24) is 10.3 Å². The number of methoxy groups -OCH3 is 1. The van der Waals surface area contributed by atoms with Crippen LogP contribution in [0.4, 0.5) is 5.13 Å². The van der Waals surface area contributed by atoms with Gasteiger partial charge in [-0.05, 0) is 19.4 Å². The number of benzene rings is 1. The van der Waals surface area contributed by atoms with Gasteiger partial charge in [-0.15, -0.1) is 11.3 Å². The van der Waals surface area contributed by atoms with Gasteiger partial charge in [-0.1, -0.05) is 30.3 Å². The molecule has 2 N–H and O–H groups in total. The molecule has 1 aliphatic heterocycles. The van der Waals surface area contributed by atoms with Crippen LogP contribution < -0.4 is 10.2 Å². The van der Waals surface area contributed by atoms with Crippen molar-refractivity contribution in [2.75, 3.05) is 38.3 Å². The summed E-state index contributed by atoms with van der Waals surface area (Å²) in [6.07, 6.45) is 0. The van der Waals surface area contributed by atoms with Crippen LogP contribution in [0.3, 0.4) is 0 Å². The van der Waals surface area contributed by atoms with Crippen LogP contribution in [0, 0.1) is 13.8 Å². The molecule has 0 spiro atoms. The van der Waals surface area contributed by atoms with Crippen molar-refractivity contribution in [3.05, 3.63) is 46.5 Å². The largest absolute Gasteiger partial charge is 0.394 e. The number of aliphatic hydroxyl groups is 1. The summed E-state index contributed by atoms with van der Waals surface area (Å²) in [5.41, 5.74) is 2.35. The number of hydrogen-bond donors (Lipinski definition) is 2. The maximum Gasteiger partial charge on any atom is 0.186 e. The second kappa shape index (κ2) is 8.27. The van der Waals surface area contributed by atoms with Crippen LogP contribution in [0.15, 0.2) is 30.3 Å². The molecule has 136 valence electrons. The average Bonchev–Trinajstić information content (AvgIpc) is 2.92. The summed E-state index contributed by atoms with van der Waals surface area (Å²) in [5, 5.41) is 14.5. The van der Waals surface area contributed by atoms with Crippen molar-refractivity contribution in [3.8, 4) is 0 Å². The SMILES string of the molecule is COCCNC[C@H]1[C@@H](c2ccccc2)[C@@H](CO)N1c1nc(C)c(C)s1. The first-order chi connectivity index (χ1) is 12.2. The van der Waals surface area contributed by atoms with E-state index < -0.39 is 0 Å². The van der Waals surface area contributed by atoms with Crippen LogP contribution in [0.5, 0.6) is 0 Å². The van der Waals surface area contributed by atoms with Gasteiger partial charge in [-0.25, -0.2) is 4.98 Å². The zero-order valence-electron chi connectivity index (χ0n) is 15.1. The van der Waals surface area contributed by atoms with E-state index in [0.717, 1.165) is 23.9 Å². The van der Waals surface area contributed by atoms with E-state index in [9.17, 15) is 5.11 Å². The van der Waals surface area contributed by atoms with Crippen molar-refractivity contribution in [2.24, 2.45) is 0 Å². The third-order valence-corrected chi connectivity index (χ3v) is 6.08. The second-order valence-corrected chi connectivity index (χ2v) is 7.68. The lowest BCUT2D eigenvalue weighted by atomic mass is 9.75. The van der Waals surface area contributed by atoms with Crippen LogP contribution in [0.25, 0.3) is 0 Å². The van der Waals surface area contributed by atoms with Crippen LogP contribution in [-0.2, 0) is 4.74 Å². The Balaban J connectivity index is 1.84. The predicted octanol–water partition coefficient (Wildman–Crippen LogP) is 2.33. The van der Waals surface area contributed by atoms with Gasteiger partial charge in [0, 0.05) is 31.0 Å². The summed E-state index contributed by atoms with van der Waals surface area (Å²) in [7, 11) is 1.72. The van der Waals surface area contributed by atoms with Gasteiger partial charge in [0.15, 0.2) is 5.13 Å². The van der Waals surface area contributed by atoms with Crippen molar-refractivity contribution in [2.45, 2.75) is 31.8 Å². The molecule has 3 rings (SSSR count). The summed E-state index contributed by atoms with van der Waals surface area (Å²) in [6.45, 7) is 6.64. The zero-order valence-corrected chi connectivity index (χ0v) is 15.9. The fourth-order valence-corrected chi connectivity index (χ4v) is 4.59. The molecular weight excluding hydrogens is 334 g/mol. The third-order valence-electron chi connectivity index (χ3n) is 4.99. The van der Waals surface area contributed by atoms with E-state index in [4.69, 9.17) is 9.72 Å². The van der Waals surface area contributed by atoms with Crippen LogP contribution >= 0.6 is 11.3 Å². The summed E-state index contributed by atoms with van der Waals surface area (Å²) >= 11 is 1.71. The molecule has 1 aromatic carbocycles. The van der Waals surface area contributed by atoms with Crippen molar-refractivity contribution >= 4 is 16.5 Å². The number of nitrogens with zero attached hydrogens (tertiary/aromatic N) is 2. The first-order valence-electron chi connectivity index (χ1n) is 8.75. The fourth-order valence-electron chi connectivity index (χ4n) is 3.57. The molecule has 0 bridgehead atoms. The van der Waals surface area contributed by atoms with Crippen molar-refractivity contribution in [1.29, 1.82) is 0 Å². The van der Waals surface area contributed by atoms with Gasteiger partial charge < -0.3 is 20.1 Å². The number of hydrogen-bond acceptors (Lipinski definition) is 6. The number of ether oxygens (including phenoxy) is 1. The lowest BCUT2D eigenvalue weighted by Crippen LogP contribution is -2.67. The number of aryl methyl sites for hydroxylation is 2. The lowest BCUT2D eigenvalue weighted by molar-refractivity contribution is 0.162. The molecule has 1 saturated heterocycles. The van der Waals surface area contributed by atoms with E-state index in [1.54, 1.807) is 18.4 Å². The number of aliphatic hydroxyl groups excluding tert-OH is 1. The molecule has 0 saturated carbocycles. The van der Waals surface area contributed by atoms with Crippen LogP contribution in [-0.4, -0.2) is 55.6 Å². The normalized spacial score (nSPS) is 22.9. The van der Waals surface area contributed by atoms with E-state index >= 15 is 0 Å². The molecule has 5 nitrogen and oxygen atoms in total. The van der Waals surface area contributed by atoms with Gasteiger partial charge in [-0.2, -0.15) is 0 Å². The Kier molecular flexibility index (Phi) is 6.06. The Labute approximate surface area is 153 Å². The molecule has 1 aromatic heterocycles. The Morgan fingerprint density at radius 1 is 1.24 bits per heavy atom. The van der Waals surface area contributed by atoms with Crippen LogP contribution in [0.1, 0.15) is 22.1 Å². The molecule has 0 amide bonds. The molecule has 2 heterocycles. The van der Waals surface area contributed by atoms with Crippen LogP contribution in [0.2, 0.25) is 0 Å². The van der Waals surface area contributed by atoms with Gasteiger partial charge in [0.05, 0.1) is 31.0 Å². The molecule has 0 radical (unpaired) electrons. The minimum atomic E-state index is 0.0709. The van der Waals surface area contributed by atoms with Crippen molar-refractivity contribution < 1.29 is 9.84 Å². The first kappa shape index (κ1) is 18.3. The van der Waals surface area contributed by atoms with E-state index in [1.807, 2.05) is 13.0 Å². The molecule has 1 fully saturated rings. The maximum atomic E-state index is 10.0. The topological polar surface area (TPSA) is 57.6 Å². The van der Waals surface area contributed by atoms with E-state index in [0.29, 0.717) is 12.5 Å². The monoisotopic (exact) mass is 361 g/mol. The summed E-state index contributed by atoms with van der Waals surface area (Å²) in [6, 6.07) is 10.8. The first-order valence-corrected chi connectivity index (χ1v) is 9.56. The van der Waals surface area contributed by atoms with E-state index in [1.165, 1.54) is 10.4 Å². The van der Waals surface area contributed by atoms with Gasteiger partial charge in [0.2, 0.25) is 0 Å². The smallest absolute Gasteiger partial charge is 0.186 e. The summed E-state index contributed by atoms with van der Waals surface area (Å²) in [5.74, 6) is 0.297. The molecular formula is C19H27N3O2S. The maximum absolute atomic E-state index is 10.0. The highest BCUT2D eigenvalue weighted by Gasteiger charge is 2.49. The number of rotatable bonds is 8. The molecule has 3 atom stereocenters. The Morgan fingerprint density at radius 2 is 2.00 bits per heavy atom. The summed E-state index contributed by atoms with van der Waals surface area (Å²) < 4.78 is 5.13. The highest BCUT2D eigenvalue weighted by atomic mass is 32.1. The molecule has 0 aliphatic carbocycles. The highest BCUT2D eigenvalue weighted by Crippen LogP contribution is 2.45. The Morgan fingerprint density at radius 3 is 2.60 bits per heavy atom. The lowest BCUT2D eigenvalue weighted by Gasteiger charge is -2.55. The van der Waals surface area contributed by atoms with Gasteiger partial charge in [0.1, 0.15) is 0 Å². The fraction of sp³-hybridized carbons (Fsp3) is 0.526. The molecule has 1 aliphatic rings. The van der Waals surface area contributed by atoms with Gasteiger partial charge >= 0.3 is 0 Å². The molecule has 25 heavy (non-hydrogen) atoms. The molecule has 0 unspecified atom stereocenters. The molecule has 6 heteroatoms. The predicted molar refractivity (Wildman–Crippen MR) is 103 cm³/mol. The number of nitrogens with one attached hydrogen (secondary N) is 1. The number of aromatic nitrogens is 1. The standard InChI is InChI=1S/C19H27N3O2S/c1-13-14(2)25-19(21-13)22-16(11-20-9-10-24-3)18(17(22)12-23)15-7-5-4-6-8-15/h4-8,16-18,20,23H,9-12H2,1-3H3/t16-,17+,18+/m0/s1. The quantitative estimate of drug-likeness (QED) is 0.707. The average molecular weight is 362 g/mol.